The number of carbonyl (C=O) groups excluding carboxylic acids is 11. The molecule has 103 heavy (non-hydrogen) atoms. The Morgan fingerprint density at radius 2 is 0.854 bits per heavy atom. The Hall–Kier alpha value is -5.85. The van der Waals surface area contributed by atoms with Crippen LogP contribution in [-0.2, 0) is 71.1 Å². The first-order chi connectivity index (χ1) is 47.6. The van der Waals surface area contributed by atoms with Crippen LogP contribution in [0.15, 0.2) is 0 Å². The van der Waals surface area contributed by atoms with Gasteiger partial charge in [-0.15, -0.1) is 0 Å². The number of Topliss-reactive ketones (excluding diaryl/α,β-unsaturated/α-hetero) is 1. The number of hydrogen-bond acceptors (Lipinski definition) is 16. The number of cyclic esters (lactones) is 1. The number of esters is 1. The van der Waals surface area contributed by atoms with Crippen molar-refractivity contribution in [3.05, 3.63) is 0 Å². The van der Waals surface area contributed by atoms with Gasteiger partial charge in [0.1, 0.15) is 48.3 Å². The minimum absolute atomic E-state index is 0.0669. The van der Waals surface area contributed by atoms with Crippen LogP contribution < -0.4 is 21.3 Å². The molecule has 1 aliphatic heterocycles. The second-order valence-electron chi connectivity index (χ2n) is 32.2. The topological polar surface area (TPSA) is 320 Å². The molecule has 13 atom stereocenters. The fourth-order valence-electron chi connectivity index (χ4n) is 13.9. The summed E-state index contributed by atoms with van der Waals surface area (Å²) in [4.78, 5) is 187. The maximum Gasteiger partial charge on any atom is 0.329 e. The molecule has 1 fully saturated rings. The summed E-state index contributed by atoms with van der Waals surface area (Å²) in [5.74, 6) is -12.2. The van der Waals surface area contributed by atoms with Crippen molar-refractivity contribution in [2.24, 2.45) is 47.3 Å². The number of ether oxygens (including phenoxy) is 1. The Bertz CT molecular complexity index is 2780. The molecule has 0 radical (unpaired) electrons. The summed E-state index contributed by atoms with van der Waals surface area (Å²) >= 11 is 0. The van der Waals surface area contributed by atoms with E-state index in [0.717, 1.165) is 0 Å². The number of amides is 9. The van der Waals surface area contributed by atoms with Crippen LogP contribution in [0.4, 0.5) is 0 Å². The number of carboxylic acid groups (broad SMARTS) is 1. The molecule has 1 heterocycles. The van der Waals surface area contributed by atoms with Crippen LogP contribution in [0.25, 0.3) is 0 Å². The zero-order valence-electron chi connectivity index (χ0n) is 68.7. The number of nitrogens with one attached hydrogen (secondary N) is 4. The molecule has 9 amide bonds. The fraction of sp³-hybridized carbons (Fsp3) is 0.840. The van der Waals surface area contributed by atoms with Crippen molar-refractivity contribution in [3.63, 3.8) is 0 Å². The molecule has 0 aromatic carbocycles. The molecule has 0 aromatic rings. The largest absolute Gasteiger partial charge is 0.481 e. The SMILES string of the molecule is CC[Si](CC)(CC)O[C@H]([C@H](C)CC(=O)O)[C@@H]1C(=O)N[C@@H]([C@@H](C)O[Si](CC)(CC)CC)C(=O)N(C)CC(=O)CN(C)[C@@H](CC(C)C)C(=O)N[C@H](CC(C)C)C(=O)N(C)[C@H](CC(C)C)C(=O)N[C@@H](C)C(=O)O[C@@H](C(C)C)C(=O)N(C)[C@H](CC(C)C)C(=O)N[C@@H](CC(C)C)C(=O)N(C)[C@H](C(C)C)C(=O)N1C. The van der Waals surface area contributed by atoms with E-state index in [0.29, 0.717) is 36.3 Å². The maximum atomic E-state index is 16.2. The summed E-state index contributed by atoms with van der Waals surface area (Å²) in [6.07, 6.45) is -3.65. The third-order valence-corrected chi connectivity index (χ3v) is 30.0. The number of rotatable bonds is 27. The zero-order chi connectivity index (χ0) is 79.8. The first-order valence-electron chi connectivity index (χ1n) is 38.2. The van der Waals surface area contributed by atoms with Gasteiger partial charge in [-0.3, -0.25) is 57.6 Å². The van der Waals surface area contributed by atoms with Gasteiger partial charge in [0.25, 0.3) is 5.91 Å². The molecule has 1 rings (SSSR count). The fourth-order valence-corrected chi connectivity index (χ4v) is 19.8. The summed E-state index contributed by atoms with van der Waals surface area (Å²) in [7, 11) is 3.19. The van der Waals surface area contributed by atoms with Crippen LogP contribution in [0.1, 0.15) is 198 Å². The molecule has 28 heteroatoms. The van der Waals surface area contributed by atoms with E-state index in [4.69, 9.17) is 13.6 Å². The molecule has 26 nitrogen and oxygen atoms in total. The van der Waals surface area contributed by atoms with Crippen molar-refractivity contribution in [1.82, 2.24) is 50.7 Å². The van der Waals surface area contributed by atoms with Crippen molar-refractivity contribution in [2.75, 3.05) is 55.4 Å². The molecule has 0 bridgehead atoms. The van der Waals surface area contributed by atoms with E-state index >= 15 is 24.0 Å². The van der Waals surface area contributed by atoms with E-state index in [9.17, 15) is 38.7 Å². The summed E-state index contributed by atoms with van der Waals surface area (Å²) in [5, 5.41) is 22.1. The number of aliphatic carboxylic acids is 1. The third-order valence-electron chi connectivity index (χ3n) is 20.6. The highest BCUT2D eigenvalue weighted by Crippen LogP contribution is 2.33. The number of nitrogens with zero attached hydrogens (tertiary/aromatic N) is 6. The summed E-state index contributed by atoms with van der Waals surface area (Å²) in [6.45, 7) is 41.3. The highest BCUT2D eigenvalue weighted by Gasteiger charge is 2.49. The van der Waals surface area contributed by atoms with Crippen LogP contribution in [0.5, 0.6) is 0 Å². The first kappa shape index (κ1) is 95.2. The van der Waals surface area contributed by atoms with Crippen LogP contribution >= 0.6 is 0 Å². The Balaban J connectivity index is 4.81. The Morgan fingerprint density at radius 1 is 0.466 bits per heavy atom. The van der Waals surface area contributed by atoms with Gasteiger partial charge in [-0.25, -0.2) is 4.79 Å². The molecule has 594 valence electrons. The molecule has 1 saturated heterocycles. The smallest absolute Gasteiger partial charge is 0.329 e. The summed E-state index contributed by atoms with van der Waals surface area (Å²) < 4.78 is 20.2. The number of carboxylic acids is 1. The molecule has 0 unspecified atom stereocenters. The highest BCUT2D eigenvalue weighted by molar-refractivity contribution is 6.74. The molecular formula is C75H140N10O16Si2. The Morgan fingerprint density at radius 3 is 1.26 bits per heavy atom. The lowest BCUT2D eigenvalue weighted by molar-refractivity contribution is -0.166. The van der Waals surface area contributed by atoms with Crippen molar-refractivity contribution in [2.45, 2.75) is 307 Å². The van der Waals surface area contributed by atoms with E-state index in [1.807, 2.05) is 111 Å². The van der Waals surface area contributed by atoms with Gasteiger partial charge in [0, 0.05) is 35.2 Å². The number of carbonyl (C=O) groups is 12. The van der Waals surface area contributed by atoms with Gasteiger partial charge < -0.3 is 64.5 Å². The van der Waals surface area contributed by atoms with Gasteiger partial charge in [-0.05, 0) is 137 Å². The number of hydrogen-bond donors (Lipinski definition) is 5. The summed E-state index contributed by atoms with van der Waals surface area (Å²) in [5.41, 5.74) is 0. The van der Waals surface area contributed by atoms with Crippen molar-refractivity contribution in [3.8, 4) is 0 Å². The van der Waals surface area contributed by atoms with Crippen molar-refractivity contribution >= 4 is 87.5 Å². The molecule has 0 spiro atoms. The maximum absolute atomic E-state index is 16.2. The predicted octanol–water partition coefficient (Wildman–Crippen LogP) is 7.96. The van der Waals surface area contributed by atoms with Gasteiger partial charge in [0.05, 0.1) is 37.8 Å². The minimum atomic E-state index is -2.87. The van der Waals surface area contributed by atoms with Crippen LogP contribution in [0, 0.1) is 47.3 Å². The van der Waals surface area contributed by atoms with Gasteiger partial charge >= 0.3 is 11.9 Å². The monoisotopic (exact) mass is 1490 g/mol. The second kappa shape index (κ2) is 43.7. The third kappa shape index (κ3) is 28.1. The Kier molecular flexibility index (Phi) is 40.4. The molecule has 0 aliphatic carbocycles. The lowest BCUT2D eigenvalue weighted by Gasteiger charge is -2.44. The van der Waals surface area contributed by atoms with Gasteiger partial charge in [0.2, 0.25) is 47.3 Å². The van der Waals surface area contributed by atoms with Crippen LogP contribution in [0.2, 0.25) is 36.3 Å². The van der Waals surface area contributed by atoms with E-state index in [2.05, 4.69) is 21.3 Å². The molecule has 0 aromatic heterocycles. The normalized spacial score (nSPS) is 25.1. The predicted molar refractivity (Wildman–Crippen MR) is 407 cm³/mol. The lowest BCUT2D eigenvalue weighted by Crippen LogP contribution is -2.66. The van der Waals surface area contributed by atoms with Crippen molar-refractivity contribution in [1.29, 1.82) is 0 Å². The standard InChI is InChI=1S/C75H140N10O16Si2/c1-30-102(31-2,32-3)100-53(23)61-72(95)81(25)43-54(86)42-80(24)57(38-46(11)12)66(89)77-55(36-44(7)8)70(93)82(26)58(39-47(13)14)67(90)76-52(22)75(98)99-64(50(19)20)74(97)83(27)59(40-48(15)16)68(91)78-56(37-45(9)10)71(94)84(28)62(49(17)18)73(96)85(29)63(69(92)79-61)65(51(21)41-60(87)88)101-103(33-4,34-5)35-6/h44-53,55-59,61-65H,30-43H2,1-29H3,(H,76,90)(H,77,89)(H,78,91)(H,79,92)(H,87,88)/t51-,52+,53-,55-,56+,57+,58-,59-,61+,62-,63-,64+,65-/m1/s1. The number of likely N-dealkylation sites (N-methyl/N-ethyl adjacent to an activating group) is 6. The van der Waals surface area contributed by atoms with E-state index < -0.39 is 191 Å². The lowest BCUT2D eigenvalue weighted by atomic mass is 9.91. The average Bonchev–Trinajstić information content (AvgIpc) is 0.789. The molecule has 1 aliphatic rings. The van der Waals surface area contributed by atoms with E-state index in [-0.39, 0.29) is 68.2 Å². The second-order valence-corrected chi connectivity index (χ2v) is 41.6. The van der Waals surface area contributed by atoms with Gasteiger partial charge in [0.15, 0.2) is 28.5 Å². The van der Waals surface area contributed by atoms with Crippen molar-refractivity contribution < 1.29 is 76.2 Å². The molecule has 5 N–H and O–H groups in total. The first-order valence-corrected chi connectivity index (χ1v) is 43.2. The van der Waals surface area contributed by atoms with E-state index in [1.165, 1.54) is 66.7 Å². The highest BCUT2D eigenvalue weighted by atomic mass is 28.4. The minimum Gasteiger partial charge on any atom is -0.481 e. The van der Waals surface area contributed by atoms with Crippen LogP contribution in [-0.4, -0.2) is 250 Å². The van der Waals surface area contributed by atoms with Gasteiger partial charge in [-0.2, -0.15) is 0 Å². The Labute approximate surface area is 621 Å². The molecular weight excluding hydrogens is 1350 g/mol. The van der Waals surface area contributed by atoms with Crippen LogP contribution in [0.3, 0.4) is 0 Å². The van der Waals surface area contributed by atoms with Gasteiger partial charge in [-0.1, -0.05) is 145 Å². The zero-order valence-corrected chi connectivity index (χ0v) is 70.7. The van der Waals surface area contributed by atoms with E-state index in [1.54, 1.807) is 53.5 Å². The average molecular weight is 1490 g/mol. The molecule has 0 saturated carbocycles. The number of ketones is 1. The quantitative estimate of drug-likeness (QED) is 0.0384. The summed E-state index contributed by atoms with van der Waals surface area (Å²) in [6, 6.07) is -8.14.